The molecule has 6 nitrogen and oxygen atoms in total. The Hall–Kier alpha value is -5.49. The average Bonchev–Trinajstić information content (AvgIpc) is 3.37. The van der Waals surface area contributed by atoms with Gasteiger partial charge in [0.15, 0.2) is 6.10 Å². The number of carbonyl (C=O) groups excluding carboxylic acids is 3. The molecular weight excluding hydrogens is 877 g/mol. The van der Waals surface area contributed by atoms with Crippen molar-refractivity contribution in [3.8, 4) is 0 Å². The van der Waals surface area contributed by atoms with Crippen LogP contribution in [0.3, 0.4) is 0 Å². The molecular formula is C65H96O6. The van der Waals surface area contributed by atoms with E-state index in [1.165, 1.54) is 0 Å². The van der Waals surface area contributed by atoms with E-state index in [9.17, 15) is 14.4 Å². The standard InChI is InChI=1S/C65H96O6/c1-4-7-10-13-16-19-22-25-28-31-32-35-37-40-43-46-49-52-55-58-64(67)70-61-62(71-65(68)59-56-53-50-47-44-41-38-34-30-27-24-21-18-15-12-9-6-3)60-69-63(66)57-54-51-48-45-42-39-36-33-29-26-23-20-17-14-11-8-5-2/h7-12,16-21,25-30,32,35-36,38-41,43,45,48-49,52,62H,4-6,13-15,22-24,31,33-34,37,42,44,46-47,50-51,53-61H2,1-3H3/b10-7-,11-8-,12-9-,19-16-,20-17-,21-18-,28-25-,29-26-,30-27-,35-32-,39-36-,41-38-,43-40-,48-45-,52-49-/t62-/m0/s1. The first kappa shape index (κ1) is 65.5. The summed E-state index contributed by atoms with van der Waals surface area (Å²) in [5, 5.41) is 0. The molecule has 0 aliphatic rings. The Labute approximate surface area is 434 Å². The van der Waals surface area contributed by atoms with Crippen molar-refractivity contribution in [2.75, 3.05) is 13.2 Å². The lowest BCUT2D eigenvalue weighted by molar-refractivity contribution is -0.166. The molecule has 0 N–H and O–H groups in total. The Balaban J connectivity index is 4.68. The predicted octanol–water partition coefficient (Wildman–Crippen LogP) is 18.5. The Bertz CT molecular complexity index is 1730. The molecule has 1 atom stereocenters. The number of hydrogen-bond donors (Lipinski definition) is 0. The number of ether oxygens (including phenoxy) is 3. The molecule has 0 radical (unpaired) electrons. The van der Waals surface area contributed by atoms with Crippen molar-refractivity contribution in [2.24, 2.45) is 0 Å². The maximum atomic E-state index is 12.8. The number of esters is 3. The van der Waals surface area contributed by atoms with Crippen LogP contribution in [0.5, 0.6) is 0 Å². The highest BCUT2D eigenvalue weighted by Gasteiger charge is 2.19. The topological polar surface area (TPSA) is 78.9 Å². The van der Waals surface area contributed by atoms with Crippen LogP contribution in [0.15, 0.2) is 182 Å². The molecule has 0 fully saturated rings. The zero-order valence-electron chi connectivity index (χ0n) is 44.6. The van der Waals surface area contributed by atoms with Crippen molar-refractivity contribution in [2.45, 2.75) is 194 Å². The zero-order valence-corrected chi connectivity index (χ0v) is 44.6. The van der Waals surface area contributed by atoms with Gasteiger partial charge < -0.3 is 14.2 Å². The second kappa shape index (κ2) is 57.1. The zero-order chi connectivity index (χ0) is 51.4. The molecule has 0 aliphatic carbocycles. The quantitative estimate of drug-likeness (QED) is 0.0262. The molecule has 6 heteroatoms. The van der Waals surface area contributed by atoms with E-state index in [2.05, 4.69) is 191 Å². The van der Waals surface area contributed by atoms with Crippen LogP contribution < -0.4 is 0 Å². The Morgan fingerprint density at radius 2 is 0.549 bits per heavy atom. The normalized spacial score (nSPS) is 13.6. The Morgan fingerprint density at radius 3 is 0.901 bits per heavy atom. The minimum Gasteiger partial charge on any atom is -0.462 e. The van der Waals surface area contributed by atoms with Gasteiger partial charge >= 0.3 is 17.9 Å². The largest absolute Gasteiger partial charge is 0.462 e. The van der Waals surface area contributed by atoms with E-state index in [1.807, 2.05) is 12.2 Å². The van der Waals surface area contributed by atoms with E-state index >= 15 is 0 Å². The first-order valence-electron chi connectivity index (χ1n) is 27.3. The van der Waals surface area contributed by atoms with Gasteiger partial charge in [-0.05, 0) is 135 Å². The maximum Gasteiger partial charge on any atom is 0.306 e. The van der Waals surface area contributed by atoms with Gasteiger partial charge in [-0.15, -0.1) is 0 Å². The molecule has 0 saturated heterocycles. The van der Waals surface area contributed by atoms with Crippen molar-refractivity contribution >= 4 is 17.9 Å². The fraction of sp³-hybridized carbons (Fsp3) is 0.492. The summed E-state index contributed by atoms with van der Waals surface area (Å²) in [6.45, 7) is 6.13. The van der Waals surface area contributed by atoms with E-state index in [0.717, 1.165) is 128 Å². The third-order valence-corrected chi connectivity index (χ3v) is 10.4. The van der Waals surface area contributed by atoms with Crippen molar-refractivity contribution in [3.63, 3.8) is 0 Å². The van der Waals surface area contributed by atoms with E-state index in [0.29, 0.717) is 19.3 Å². The minimum atomic E-state index is -0.856. The van der Waals surface area contributed by atoms with Crippen molar-refractivity contribution in [1.29, 1.82) is 0 Å². The fourth-order valence-corrected chi connectivity index (χ4v) is 6.43. The summed E-state index contributed by atoms with van der Waals surface area (Å²) in [5.41, 5.74) is 0. The summed E-state index contributed by atoms with van der Waals surface area (Å²) in [6.07, 6.45) is 86.1. The van der Waals surface area contributed by atoms with Crippen LogP contribution >= 0.6 is 0 Å². The summed E-state index contributed by atoms with van der Waals surface area (Å²) in [6, 6.07) is 0. The molecule has 0 aliphatic heterocycles. The number of unbranched alkanes of at least 4 members (excludes halogenated alkanes) is 5. The Kier molecular flexibility index (Phi) is 52.7. The predicted molar refractivity (Wildman–Crippen MR) is 306 cm³/mol. The van der Waals surface area contributed by atoms with Crippen LogP contribution in [0.1, 0.15) is 188 Å². The molecule has 0 spiro atoms. The van der Waals surface area contributed by atoms with Crippen LogP contribution in [0.25, 0.3) is 0 Å². The van der Waals surface area contributed by atoms with Gasteiger partial charge in [0, 0.05) is 19.3 Å². The summed E-state index contributed by atoms with van der Waals surface area (Å²) in [7, 11) is 0. The second-order valence-corrected chi connectivity index (χ2v) is 17.0. The first-order chi connectivity index (χ1) is 35.0. The molecule has 0 aromatic heterocycles. The fourth-order valence-electron chi connectivity index (χ4n) is 6.43. The molecule has 0 unspecified atom stereocenters. The summed E-state index contributed by atoms with van der Waals surface area (Å²) in [5.74, 6) is -1.13. The number of rotatable bonds is 46. The van der Waals surface area contributed by atoms with Crippen LogP contribution in [-0.4, -0.2) is 37.2 Å². The number of allylic oxidation sites excluding steroid dienone is 30. The van der Waals surface area contributed by atoms with Crippen molar-refractivity contribution in [1.82, 2.24) is 0 Å². The third kappa shape index (κ3) is 55.3. The van der Waals surface area contributed by atoms with Crippen LogP contribution in [0, 0.1) is 0 Å². The van der Waals surface area contributed by atoms with Crippen LogP contribution in [-0.2, 0) is 28.6 Å². The highest BCUT2D eigenvalue weighted by Crippen LogP contribution is 2.10. The van der Waals surface area contributed by atoms with Gasteiger partial charge in [-0.2, -0.15) is 0 Å². The molecule has 0 heterocycles. The lowest BCUT2D eigenvalue weighted by Gasteiger charge is -2.18. The smallest absolute Gasteiger partial charge is 0.306 e. The number of carbonyl (C=O) groups is 3. The molecule has 0 saturated carbocycles. The van der Waals surface area contributed by atoms with Crippen LogP contribution in [0.4, 0.5) is 0 Å². The molecule has 0 bridgehead atoms. The SMILES string of the molecule is CC/C=C\C/C=C\C/C=C\C/C=C\C/C=C\C/C=C\CCC(=O)OC[C@H](COC(=O)CCC/C=C\C/C=C\C/C=C\C/C=C\C/C=C\CC)OC(=O)CCCCCC/C=C\C/C=C\C/C=C\C/C=C\CC. The molecule has 0 aromatic carbocycles. The van der Waals surface area contributed by atoms with E-state index in [1.54, 1.807) is 0 Å². The lowest BCUT2D eigenvalue weighted by Crippen LogP contribution is -2.30. The van der Waals surface area contributed by atoms with Crippen molar-refractivity contribution < 1.29 is 28.6 Å². The summed E-state index contributed by atoms with van der Waals surface area (Å²) in [4.78, 5) is 38.1. The highest BCUT2D eigenvalue weighted by atomic mass is 16.6. The lowest BCUT2D eigenvalue weighted by atomic mass is 10.1. The van der Waals surface area contributed by atoms with Gasteiger partial charge in [-0.3, -0.25) is 14.4 Å². The van der Waals surface area contributed by atoms with Crippen LogP contribution in [0.2, 0.25) is 0 Å². The summed E-state index contributed by atoms with van der Waals surface area (Å²) < 4.78 is 16.7. The van der Waals surface area contributed by atoms with Gasteiger partial charge in [0.05, 0.1) is 0 Å². The molecule has 0 rings (SSSR count). The molecule has 71 heavy (non-hydrogen) atoms. The second-order valence-electron chi connectivity index (χ2n) is 17.0. The van der Waals surface area contributed by atoms with Gasteiger partial charge in [0.1, 0.15) is 13.2 Å². The van der Waals surface area contributed by atoms with Crippen molar-refractivity contribution in [3.05, 3.63) is 182 Å². The van der Waals surface area contributed by atoms with Gasteiger partial charge in [0.2, 0.25) is 0 Å². The van der Waals surface area contributed by atoms with Gasteiger partial charge in [0.25, 0.3) is 0 Å². The van der Waals surface area contributed by atoms with Gasteiger partial charge in [-0.1, -0.05) is 216 Å². The van der Waals surface area contributed by atoms with E-state index in [4.69, 9.17) is 14.2 Å². The highest BCUT2D eigenvalue weighted by molar-refractivity contribution is 5.71. The maximum absolute atomic E-state index is 12.8. The summed E-state index contributed by atoms with van der Waals surface area (Å²) >= 11 is 0. The van der Waals surface area contributed by atoms with E-state index < -0.39 is 6.10 Å². The number of hydrogen-bond acceptors (Lipinski definition) is 6. The Morgan fingerprint density at radius 1 is 0.282 bits per heavy atom. The van der Waals surface area contributed by atoms with Gasteiger partial charge in [-0.25, -0.2) is 0 Å². The first-order valence-corrected chi connectivity index (χ1v) is 27.3. The molecule has 0 aromatic rings. The van der Waals surface area contributed by atoms with E-state index in [-0.39, 0.29) is 50.4 Å². The minimum absolute atomic E-state index is 0.151. The molecule has 392 valence electrons. The monoisotopic (exact) mass is 973 g/mol. The molecule has 0 amide bonds. The third-order valence-electron chi connectivity index (χ3n) is 10.4. The average molecular weight is 973 g/mol.